The summed E-state index contributed by atoms with van der Waals surface area (Å²) in [7, 11) is 0. The third-order valence-corrected chi connectivity index (χ3v) is 3.14. The quantitative estimate of drug-likeness (QED) is 0.664. The first kappa shape index (κ1) is 14.3. The molecular weight excluding hydrogens is 283 g/mol. The minimum absolute atomic E-state index is 0.00173. The zero-order chi connectivity index (χ0) is 14.7. The van der Waals surface area contributed by atoms with Gasteiger partial charge in [0.15, 0.2) is 0 Å². The molecule has 104 valence electrons. The Labute approximate surface area is 120 Å². The minimum atomic E-state index is -0.497. The van der Waals surface area contributed by atoms with Crippen LogP contribution < -0.4 is 5.32 Å². The number of anilines is 1. The topological polar surface area (TPSA) is 55.2 Å². The number of hydrogen-bond acceptors (Lipinski definition) is 3. The van der Waals surface area contributed by atoms with Gasteiger partial charge in [-0.3, -0.25) is 10.1 Å². The van der Waals surface area contributed by atoms with Gasteiger partial charge in [-0.25, -0.2) is 4.39 Å². The van der Waals surface area contributed by atoms with E-state index in [4.69, 9.17) is 11.6 Å². The molecule has 2 rings (SSSR count). The van der Waals surface area contributed by atoms with E-state index in [-0.39, 0.29) is 11.4 Å². The third-order valence-electron chi connectivity index (χ3n) is 2.90. The first-order chi connectivity index (χ1) is 9.49. The smallest absolute Gasteiger partial charge is 0.274 e. The van der Waals surface area contributed by atoms with E-state index in [1.807, 2.05) is 0 Å². The Bertz CT molecular complexity index is 649. The van der Waals surface area contributed by atoms with Gasteiger partial charge in [-0.2, -0.15) is 0 Å². The Kier molecular flexibility index (Phi) is 4.20. The van der Waals surface area contributed by atoms with Crippen molar-refractivity contribution in [2.75, 3.05) is 5.32 Å². The Morgan fingerprint density at radius 2 is 2.00 bits per heavy atom. The standard InChI is InChI=1S/C14H12ClFN2O2/c1-9(11-4-2-3-5-14(11)18(19)20)17-13-7-6-10(15)8-12(13)16/h2-9,17H,1H3. The Balaban J connectivity index is 2.28. The molecule has 0 saturated heterocycles. The lowest BCUT2D eigenvalue weighted by Gasteiger charge is -2.16. The minimum Gasteiger partial charge on any atom is -0.376 e. The molecule has 0 fully saturated rings. The van der Waals surface area contributed by atoms with E-state index < -0.39 is 16.8 Å². The highest BCUT2D eigenvalue weighted by Crippen LogP contribution is 2.29. The van der Waals surface area contributed by atoms with Crippen molar-refractivity contribution in [2.45, 2.75) is 13.0 Å². The molecule has 0 aliphatic rings. The van der Waals surface area contributed by atoms with Crippen molar-refractivity contribution in [1.29, 1.82) is 0 Å². The molecule has 0 aromatic heterocycles. The second-order valence-electron chi connectivity index (χ2n) is 4.31. The molecule has 0 amide bonds. The molecule has 0 aliphatic heterocycles. The summed E-state index contributed by atoms with van der Waals surface area (Å²) in [5.74, 6) is -0.497. The lowest BCUT2D eigenvalue weighted by molar-refractivity contribution is -0.385. The zero-order valence-corrected chi connectivity index (χ0v) is 11.4. The first-order valence-corrected chi connectivity index (χ1v) is 6.31. The van der Waals surface area contributed by atoms with E-state index in [0.29, 0.717) is 10.6 Å². The Hall–Kier alpha value is -2.14. The number of benzene rings is 2. The van der Waals surface area contributed by atoms with Gasteiger partial charge in [-0.05, 0) is 25.1 Å². The molecule has 0 aliphatic carbocycles. The van der Waals surface area contributed by atoms with Crippen LogP contribution in [0.5, 0.6) is 0 Å². The average Bonchev–Trinajstić information content (AvgIpc) is 2.41. The normalized spacial score (nSPS) is 11.9. The number of nitrogens with zero attached hydrogens (tertiary/aromatic N) is 1. The maximum atomic E-state index is 13.7. The second-order valence-corrected chi connectivity index (χ2v) is 4.74. The molecule has 0 bridgehead atoms. The maximum Gasteiger partial charge on any atom is 0.274 e. The van der Waals surface area contributed by atoms with Gasteiger partial charge in [0.1, 0.15) is 5.82 Å². The molecule has 0 heterocycles. The number of nitrogens with one attached hydrogen (secondary N) is 1. The van der Waals surface area contributed by atoms with Crippen LogP contribution in [0.1, 0.15) is 18.5 Å². The summed E-state index contributed by atoms with van der Waals surface area (Å²) < 4.78 is 13.7. The molecule has 2 aromatic carbocycles. The van der Waals surface area contributed by atoms with Crippen LogP contribution in [-0.2, 0) is 0 Å². The monoisotopic (exact) mass is 294 g/mol. The number of hydrogen-bond donors (Lipinski definition) is 1. The van der Waals surface area contributed by atoms with Crippen molar-refractivity contribution in [3.63, 3.8) is 0 Å². The SMILES string of the molecule is CC(Nc1ccc(Cl)cc1F)c1ccccc1[N+](=O)[O-]. The summed E-state index contributed by atoms with van der Waals surface area (Å²) in [5, 5.41) is 14.2. The van der Waals surface area contributed by atoms with Crippen molar-refractivity contribution >= 4 is 23.0 Å². The van der Waals surface area contributed by atoms with E-state index in [1.54, 1.807) is 31.2 Å². The highest BCUT2D eigenvalue weighted by Gasteiger charge is 2.18. The molecule has 1 unspecified atom stereocenters. The van der Waals surface area contributed by atoms with Crippen LogP contribution in [0.2, 0.25) is 5.02 Å². The van der Waals surface area contributed by atoms with Gasteiger partial charge in [-0.15, -0.1) is 0 Å². The van der Waals surface area contributed by atoms with Crippen LogP contribution in [-0.4, -0.2) is 4.92 Å². The summed E-state index contributed by atoms with van der Waals surface area (Å²) >= 11 is 5.68. The van der Waals surface area contributed by atoms with Crippen LogP contribution in [0, 0.1) is 15.9 Å². The molecule has 4 nitrogen and oxygen atoms in total. The van der Waals surface area contributed by atoms with Crippen molar-refractivity contribution in [3.8, 4) is 0 Å². The summed E-state index contributed by atoms with van der Waals surface area (Å²) in [5.41, 5.74) is 0.744. The van der Waals surface area contributed by atoms with Gasteiger partial charge in [-0.1, -0.05) is 29.8 Å². The summed E-state index contributed by atoms with van der Waals surface area (Å²) in [6, 6.07) is 10.2. The van der Waals surface area contributed by atoms with E-state index in [2.05, 4.69) is 5.32 Å². The molecule has 6 heteroatoms. The zero-order valence-electron chi connectivity index (χ0n) is 10.6. The molecule has 0 spiro atoms. The van der Waals surface area contributed by atoms with Gasteiger partial charge in [0.05, 0.1) is 22.2 Å². The fraction of sp³-hybridized carbons (Fsp3) is 0.143. The summed E-state index contributed by atoms with van der Waals surface area (Å²) in [6.45, 7) is 1.73. The van der Waals surface area contributed by atoms with Crippen LogP contribution in [0.25, 0.3) is 0 Å². The van der Waals surface area contributed by atoms with Crippen molar-refractivity contribution in [1.82, 2.24) is 0 Å². The van der Waals surface area contributed by atoms with E-state index >= 15 is 0 Å². The van der Waals surface area contributed by atoms with E-state index in [1.165, 1.54) is 18.2 Å². The Morgan fingerprint density at radius 3 is 2.65 bits per heavy atom. The summed E-state index contributed by atoms with van der Waals surface area (Å²) in [4.78, 5) is 10.5. The molecule has 20 heavy (non-hydrogen) atoms. The largest absolute Gasteiger partial charge is 0.376 e. The fourth-order valence-corrected chi connectivity index (χ4v) is 2.10. The number of para-hydroxylation sites is 1. The van der Waals surface area contributed by atoms with Crippen LogP contribution in [0.15, 0.2) is 42.5 Å². The van der Waals surface area contributed by atoms with Crippen LogP contribution in [0.4, 0.5) is 15.8 Å². The van der Waals surface area contributed by atoms with Gasteiger partial charge < -0.3 is 5.32 Å². The number of nitro benzene ring substituents is 1. The summed E-state index contributed by atoms with van der Waals surface area (Å²) in [6.07, 6.45) is 0. The van der Waals surface area contributed by atoms with Gasteiger partial charge in [0, 0.05) is 11.1 Å². The third kappa shape index (κ3) is 3.05. The van der Waals surface area contributed by atoms with Gasteiger partial charge >= 0.3 is 0 Å². The second kappa shape index (κ2) is 5.88. The number of halogens is 2. The van der Waals surface area contributed by atoms with Crippen molar-refractivity contribution in [3.05, 3.63) is 69.0 Å². The lowest BCUT2D eigenvalue weighted by Crippen LogP contribution is -2.10. The molecular formula is C14H12ClFN2O2. The maximum absolute atomic E-state index is 13.7. The van der Waals surface area contributed by atoms with E-state index in [0.717, 1.165) is 0 Å². The lowest BCUT2D eigenvalue weighted by atomic mass is 10.1. The molecule has 1 N–H and O–H groups in total. The van der Waals surface area contributed by atoms with Crippen LogP contribution in [0.3, 0.4) is 0 Å². The number of rotatable bonds is 4. The van der Waals surface area contributed by atoms with Gasteiger partial charge in [0.25, 0.3) is 5.69 Å². The van der Waals surface area contributed by atoms with Gasteiger partial charge in [0.2, 0.25) is 0 Å². The highest BCUT2D eigenvalue weighted by molar-refractivity contribution is 6.30. The Morgan fingerprint density at radius 1 is 1.30 bits per heavy atom. The molecule has 0 radical (unpaired) electrons. The van der Waals surface area contributed by atoms with Crippen molar-refractivity contribution < 1.29 is 9.31 Å². The van der Waals surface area contributed by atoms with E-state index in [9.17, 15) is 14.5 Å². The van der Waals surface area contributed by atoms with Crippen LogP contribution >= 0.6 is 11.6 Å². The number of nitro groups is 1. The molecule has 0 saturated carbocycles. The highest BCUT2D eigenvalue weighted by atomic mass is 35.5. The predicted octanol–water partition coefficient (Wildman–Crippen LogP) is 4.56. The van der Waals surface area contributed by atoms with Crippen molar-refractivity contribution in [2.24, 2.45) is 0 Å². The average molecular weight is 295 g/mol. The molecule has 2 aromatic rings. The molecule has 1 atom stereocenters. The fourth-order valence-electron chi connectivity index (χ4n) is 1.94. The predicted molar refractivity (Wildman–Crippen MR) is 76.5 cm³/mol. The first-order valence-electron chi connectivity index (χ1n) is 5.94.